The van der Waals surface area contributed by atoms with Crippen molar-refractivity contribution >= 4 is 0 Å². The van der Waals surface area contributed by atoms with Gasteiger partial charge >= 0.3 is 0 Å². The van der Waals surface area contributed by atoms with Crippen LogP contribution in [0.4, 0.5) is 0 Å². The number of hydrogen-bond donors (Lipinski definition) is 2. The Kier molecular flexibility index (Phi) is 4.62. The molecule has 0 bridgehead atoms. The largest absolute Gasteiger partial charge is 0.396 e. The van der Waals surface area contributed by atoms with Gasteiger partial charge in [0.2, 0.25) is 0 Å². The van der Waals surface area contributed by atoms with Crippen LogP contribution >= 0.6 is 0 Å². The van der Waals surface area contributed by atoms with Gasteiger partial charge in [0, 0.05) is 31.3 Å². The van der Waals surface area contributed by atoms with E-state index < -0.39 is 0 Å². The van der Waals surface area contributed by atoms with E-state index in [-0.39, 0.29) is 0 Å². The molecule has 0 heterocycles. The third kappa shape index (κ3) is 2.96. The van der Waals surface area contributed by atoms with Crippen LogP contribution in [0.25, 0.3) is 0 Å². The van der Waals surface area contributed by atoms with E-state index in [2.05, 4.69) is 4.90 Å². The molecule has 0 atom stereocenters. The van der Waals surface area contributed by atoms with E-state index in [1.54, 1.807) is 0 Å². The molecule has 16 heavy (non-hydrogen) atoms. The summed E-state index contributed by atoms with van der Waals surface area (Å²) in [4.78, 5) is 2.67. The summed E-state index contributed by atoms with van der Waals surface area (Å²) in [6.45, 7) is 1.41. The van der Waals surface area contributed by atoms with Gasteiger partial charge in [-0.3, -0.25) is 4.90 Å². The van der Waals surface area contributed by atoms with Crippen LogP contribution < -0.4 is 5.73 Å². The lowest BCUT2D eigenvalue weighted by atomic mass is 9.85. The zero-order valence-electron chi connectivity index (χ0n) is 10.3. The van der Waals surface area contributed by atoms with Crippen molar-refractivity contribution < 1.29 is 5.11 Å². The smallest absolute Gasteiger partial charge is 0.0443 e. The Balaban J connectivity index is 1.84. The second kappa shape index (κ2) is 5.99. The maximum atomic E-state index is 8.98. The van der Waals surface area contributed by atoms with Crippen molar-refractivity contribution in [2.45, 2.75) is 69.5 Å². The lowest BCUT2D eigenvalue weighted by molar-refractivity contribution is 0.0513. The molecule has 0 saturated heterocycles. The summed E-state index contributed by atoms with van der Waals surface area (Å²) in [5.74, 6) is 0. The Hall–Kier alpha value is -0.120. The Labute approximate surface area is 99.0 Å². The lowest BCUT2D eigenvalue weighted by Gasteiger charge is -2.44. The lowest BCUT2D eigenvalue weighted by Crippen LogP contribution is -2.49. The van der Waals surface area contributed by atoms with Crippen molar-refractivity contribution in [3.8, 4) is 0 Å². The topological polar surface area (TPSA) is 49.5 Å². The van der Waals surface area contributed by atoms with E-state index in [9.17, 15) is 0 Å². The minimum Gasteiger partial charge on any atom is -0.396 e. The van der Waals surface area contributed by atoms with Gasteiger partial charge in [-0.1, -0.05) is 6.42 Å². The summed E-state index contributed by atoms with van der Waals surface area (Å²) in [6, 6.07) is 2.00. The van der Waals surface area contributed by atoms with E-state index >= 15 is 0 Å². The van der Waals surface area contributed by atoms with Crippen LogP contribution in [0.3, 0.4) is 0 Å². The number of aliphatic hydroxyl groups is 1. The van der Waals surface area contributed by atoms with Crippen molar-refractivity contribution in [1.82, 2.24) is 4.90 Å². The first kappa shape index (κ1) is 12.3. The maximum Gasteiger partial charge on any atom is 0.0443 e. The van der Waals surface area contributed by atoms with Crippen LogP contribution in [0.5, 0.6) is 0 Å². The molecule has 2 fully saturated rings. The van der Waals surface area contributed by atoms with Crippen molar-refractivity contribution in [2.75, 3.05) is 13.2 Å². The molecule has 0 amide bonds. The molecular weight excluding hydrogens is 200 g/mol. The predicted octanol–water partition coefficient (Wildman–Crippen LogP) is 1.49. The molecule has 2 saturated carbocycles. The first-order chi connectivity index (χ1) is 7.81. The number of nitrogens with two attached hydrogens (primary N) is 1. The van der Waals surface area contributed by atoms with Gasteiger partial charge < -0.3 is 10.8 Å². The standard InChI is InChI=1S/C13H26N2O/c14-11-5-7-13(8-6-11)15(9-2-10-16)12-3-1-4-12/h11-13,16H,1-10,14H2. The third-order valence-electron chi connectivity index (χ3n) is 4.33. The van der Waals surface area contributed by atoms with Gasteiger partial charge in [-0.05, 0) is 44.9 Å². The van der Waals surface area contributed by atoms with E-state index in [0.29, 0.717) is 12.6 Å². The minimum absolute atomic E-state index is 0.329. The van der Waals surface area contributed by atoms with Gasteiger partial charge in [-0.25, -0.2) is 0 Å². The van der Waals surface area contributed by atoms with E-state index in [4.69, 9.17) is 10.8 Å². The molecule has 0 spiro atoms. The van der Waals surface area contributed by atoms with E-state index in [1.807, 2.05) is 0 Å². The SMILES string of the molecule is NC1CCC(N(CCCO)C2CCC2)CC1. The fourth-order valence-electron chi connectivity index (χ4n) is 3.07. The second-order valence-corrected chi connectivity index (χ2v) is 5.47. The summed E-state index contributed by atoms with van der Waals surface area (Å²) in [7, 11) is 0. The van der Waals surface area contributed by atoms with Crippen molar-refractivity contribution in [3.63, 3.8) is 0 Å². The van der Waals surface area contributed by atoms with Gasteiger partial charge in [0.05, 0.1) is 0 Å². The molecular formula is C13H26N2O. The molecule has 3 nitrogen and oxygen atoms in total. The van der Waals surface area contributed by atoms with E-state index in [1.165, 1.54) is 44.9 Å². The van der Waals surface area contributed by atoms with Crippen molar-refractivity contribution in [1.29, 1.82) is 0 Å². The first-order valence-corrected chi connectivity index (χ1v) is 6.93. The summed E-state index contributed by atoms with van der Waals surface area (Å²) in [6.07, 6.45) is 9.97. The molecule has 2 rings (SSSR count). The highest BCUT2D eigenvalue weighted by molar-refractivity contribution is 4.88. The van der Waals surface area contributed by atoms with Crippen molar-refractivity contribution in [2.24, 2.45) is 5.73 Å². The van der Waals surface area contributed by atoms with E-state index in [0.717, 1.165) is 25.0 Å². The van der Waals surface area contributed by atoms with Crippen LogP contribution in [0.15, 0.2) is 0 Å². The predicted molar refractivity (Wildman–Crippen MR) is 66.3 cm³/mol. The Morgan fingerprint density at radius 2 is 1.62 bits per heavy atom. The van der Waals surface area contributed by atoms with Crippen LogP contribution in [0.2, 0.25) is 0 Å². The molecule has 3 heteroatoms. The summed E-state index contributed by atoms with van der Waals surface area (Å²) in [5.41, 5.74) is 5.96. The molecule has 3 N–H and O–H groups in total. The zero-order valence-corrected chi connectivity index (χ0v) is 10.3. The highest BCUT2D eigenvalue weighted by Gasteiger charge is 2.31. The highest BCUT2D eigenvalue weighted by atomic mass is 16.3. The molecule has 0 aromatic rings. The van der Waals surface area contributed by atoms with Crippen LogP contribution in [0.1, 0.15) is 51.4 Å². The molecule has 0 radical (unpaired) electrons. The molecule has 0 aliphatic heterocycles. The van der Waals surface area contributed by atoms with Crippen molar-refractivity contribution in [3.05, 3.63) is 0 Å². The normalized spacial score (nSPS) is 31.7. The van der Waals surface area contributed by atoms with Crippen LogP contribution in [0, 0.1) is 0 Å². The average Bonchev–Trinajstić information content (AvgIpc) is 2.23. The summed E-state index contributed by atoms with van der Waals surface area (Å²) in [5, 5.41) is 8.98. The number of aliphatic hydroxyl groups excluding tert-OH is 1. The quantitative estimate of drug-likeness (QED) is 0.747. The molecule has 0 unspecified atom stereocenters. The first-order valence-electron chi connectivity index (χ1n) is 6.93. The molecule has 2 aliphatic carbocycles. The molecule has 2 aliphatic rings. The van der Waals surface area contributed by atoms with Gasteiger partial charge in [0.15, 0.2) is 0 Å². The second-order valence-electron chi connectivity index (χ2n) is 5.47. The fourth-order valence-corrected chi connectivity index (χ4v) is 3.07. The fraction of sp³-hybridized carbons (Fsp3) is 1.00. The monoisotopic (exact) mass is 226 g/mol. The average molecular weight is 226 g/mol. The highest BCUT2D eigenvalue weighted by Crippen LogP contribution is 2.31. The third-order valence-corrected chi connectivity index (χ3v) is 4.33. The number of hydrogen-bond acceptors (Lipinski definition) is 3. The van der Waals surface area contributed by atoms with Crippen LogP contribution in [-0.4, -0.2) is 41.3 Å². The molecule has 94 valence electrons. The Morgan fingerprint density at radius 3 is 2.12 bits per heavy atom. The van der Waals surface area contributed by atoms with Gasteiger partial charge in [0.1, 0.15) is 0 Å². The Morgan fingerprint density at radius 1 is 1.00 bits per heavy atom. The minimum atomic E-state index is 0.329. The van der Waals surface area contributed by atoms with Crippen LogP contribution in [-0.2, 0) is 0 Å². The number of nitrogens with zero attached hydrogens (tertiary/aromatic N) is 1. The molecule has 0 aromatic heterocycles. The maximum absolute atomic E-state index is 8.98. The molecule has 0 aromatic carbocycles. The number of rotatable bonds is 5. The summed E-state index contributed by atoms with van der Waals surface area (Å²) >= 11 is 0. The summed E-state index contributed by atoms with van der Waals surface area (Å²) < 4.78 is 0. The van der Waals surface area contributed by atoms with Gasteiger partial charge in [-0.2, -0.15) is 0 Å². The van der Waals surface area contributed by atoms with Gasteiger partial charge in [0.25, 0.3) is 0 Å². The Bertz CT molecular complexity index is 198. The zero-order chi connectivity index (χ0) is 11.4. The van der Waals surface area contributed by atoms with Gasteiger partial charge in [-0.15, -0.1) is 0 Å².